The molecule has 0 atom stereocenters. The molecule has 2 aromatic carbocycles. The Morgan fingerprint density at radius 1 is 1.09 bits per heavy atom. The Morgan fingerprint density at radius 3 is 2.35 bits per heavy atom. The van der Waals surface area contributed by atoms with Crippen molar-refractivity contribution in [3.05, 3.63) is 67.8 Å². The smallest absolute Gasteiger partial charge is 0.289 e. The average Bonchev–Trinajstić information content (AvgIpc) is 2.49. The first-order valence-electron chi connectivity index (χ1n) is 6.33. The van der Waals surface area contributed by atoms with Crippen LogP contribution in [0.3, 0.4) is 0 Å². The average molecular weight is 317 g/mol. The number of nitrogens with one attached hydrogen (secondary N) is 1. The van der Waals surface area contributed by atoms with Gasteiger partial charge in [0.1, 0.15) is 11.3 Å². The van der Waals surface area contributed by atoms with Gasteiger partial charge in [0.25, 0.3) is 17.3 Å². The van der Waals surface area contributed by atoms with Crippen LogP contribution in [0.4, 0.5) is 17.1 Å². The lowest BCUT2D eigenvalue weighted by Gasteiger charge is -2.09. The van der Waals surface area contributed by atoms with Crippen molar-refractivity contribution in [3.8, 4) is 5.75 Å². The zero-order valence-corrected chi connectivity index (χ0v) is 11.8. The number of benzene rings is 2. The third-order valence-electron chi connectivity index (χ3n) is 3.09. The maximum Gasteiger partial charge on any atom is 0.289 e. The van der Waals surface area contributed by atoms with Crippen molar-refractivity contribution in [2.75, 3.05) is 5.32 Å². The van der Waals surface area contributed by atoms with Crippen molar-refractivity contribution in [2.24, 2.45) is 0 Å². The molecule has 2 rings (SSSR count). The van der Waals surface area contributed by atoms with Crippen LogP contribution in [0.5, 0.6) is 5.75 Å². The topological polar surface area (TPSA) is 136 Å². The van der Waals surface area contributed by atoms with Crippen LogP contribution in [0, 0.1) is 27.2 Å². The number of carbonyl (C=O) groups excluding carboxylic acids is 1. The summed E-state index contributed by atoms with van der Waals surface area (Å²) in [5.74, 6) is -0.762. The highest BCUT2D eigenvalue weighted by atomic mass is 16.6. The van der Waals surface area contributed by atoms with Crippen molar-refractivity contribution in [2.45, 2.75) is 6.92 Å². The Balaban J connectivity index is 2.38. The van der Waals surface area contributed by atoms with Crippen molar-refractivity contribution >= 4 is 23.0 Å². The van der Waals surface area contributed by atoms with Crippen LogP contribution in [0.15, 0.2) is 36.4 Å². The summed E-state index contributed by atoms with van der Waals surface area (Å²) in [4.78, 5) is 32.3. The summed E-state index contributed by atoms with van der Waals surface area (Å²) in [5, 5.41) is 33.5. The van der Waals surface area contributed by atoms with Gasteiger partial charge in [-0.05, 0) is 36.8 Å². The van der Waals surface area contributed by atoms with Gasteiger partial charge in [-0.3, -0.25) is 25.0 Å². The molecule has 2 aromatic rings. The highest BCUT2D eigenvalue weighted by Gasteiger charge is 2.24. The quantitative estimate of drug-likeness (QED) is 0.505. The molecule has 0 aromatic heterocycles. The zero-order valence-electron chi connectivity index (χ0n) is 11.8. The Bertz CT molecular complexity index is 818. The highest BCUT2D eigenvalue weighted by Crippen LogP contribution is 2.26. The van der Waals surface area contributed by atoms with Gasteiger partial charge < -0.3 is 10.4 Å². The van der Waals surface area contributed by atoms with Gasteiger partial charge in [-0.1, -0.05) is 0 Å². The molecule has 0 heterocycles. The second kappa shape index (κ2) is 6.10. The molecule has 0 aliphatic heterocycles. The third kappa shape index (κ3) is 3.40. The van der Waals surface area contributed by atoms with Gasteiger partial charge in [0.2, 0.25) is 0 Å². The van der Waals surface area contributed by atoms with Crippen molar-refractivity contribution < 1.29 is 19.7 Å². The van der Waals surface area contributed by atoms with Gasteiger partial charge in [-0.15, -0.1) is 0 Å². The number of non-ortho nitro benzene ring substituents is 1. The molecule has 0 spiro atoms. The van der Waals surface area contributed by atoms with Crippen LogP contribution in [-0.4, -0.2) is 20.9 Å². The van der Waals surface area contributed by atoms with E-state index >= 15 is 0 Å². The molecule has 2 N–H and O–H groups in total. The Kier molecular flexibility index (Phi) is 4.21. The molecule has 0 fully saturated rings. The number of phenols is 1. The minimum atomic E-state index is -0.856. The molecular formula is C14H11N3O6. The molecule has 23 heavy (non-hydrogen) atoms. The molecule has 0 saturated heterocycles. The van der Waals surface area contributed by atoms with E-state index in [2.05, 4.69) is 5.32 Å². The number of aromatic hydroxyl groups is 1. The second-order valence-corrected chi connectivity index (χ2v) is 4.67. The van der Waals surface area contributed by atoms with E-state index in [4.69, 9.17) is 0 Å². The van der Waals surface area contributed by atoms with Gasteiger partial charge in [-0.25, -0.2) is 0 Å². The molecule has 9 heteroatoms. The van der Waals surface area contributed by atoms with Crippen molar-refractivity contribution in [1.82, 2.24) is 0 Å². The molecule has 0 saturated carbocycles. The van der Waals surface area contributed by atoms with E-state index in [1.807, 2.05) is 0 Å². The minimum absolute atomic E-state index is 0.0156. The number of hydrogen-bond acceptors (Lipinski definition) is 6. The Hall–Kier alpha value is -3.49. The first-order valence-corrected chi connectivity index (χ1v) is 6.33. The molecule has 0 aliphatic rings. The monoisotopic (exact) mass is 317 g/mol. The molecule has 0 radical (unpaired) electrons. The van der Waals surface area contributed by atoms with Gasteiger partial charge >= 0.3 is 0 Å². The number of nitrogens with zero attached hydrogens (tertiary/aromatic N) is 2. The third-order valence-corrected chi connectivity index (χ3v) is 3.09. The number of phenolic OH excluding ortho intramolecular Hbond substituents is 1. The van der Waals surface area contributed by atoms with E-state index in [9.17, 15) is 30.1 Å². The van der Waals surface area contributed by atoms with Crippen LogP contribution in [0.2, 0.25) is 0 Å². The molecule has 9 nitrogen and oxygen atoms in total. The zero-order chi connectivity index (χ0) is 17.1. The number of hydrogen-bond donors (Lipinski definition) is 2. The van der Waals surface area contributed by atoms with E-state index in [1.54, 1.807) is 6.92 Å². The Labute approximate surface area is 129 Å². The summed E-state index contributed by atoms with van der Waals surface area (Å²) < 4.78 is 0. The summed E-state index contributed by atoms with van der Waals surface area (Å²) >= 11 is 0. The fraction of sp³-hybridized carbons (Fsp3) is 0.0714. The van der Waals surface area contributed by atoms with Gasteiger partial charge in [-0.2, -0.15) is 0 Å². The van der Waals surface area contributed by atoms with E-state index in [-0.39, 0.29) is 11.3 Å². The molecule has 1 amide bonds. The summed E-state index contributed by atoms with van der Waals surface area (Å²) in [6.07, 6.45) is 0. The van der Waals surface area contributed by atoms with Crippen LogP contribution >= 0.6 is 0 Å². The SMILES string of the molecule is Cc1cc(O)ccc1NC(=O)c1ccc([N+](=O)[O-])cc1[N+](=O)[O-]. The predicted molar refractivity (Wildman–Crippen MR) is 80.5 cm³/mol. The number of anilines is 1. The first-order chi connectivity index (χ1) is 10.8. The lowest BCUT2D eigenvalue weighted by molar-refractivity contribution is -0.394. The number of carbonyl (C=O) groups is 1. The normalized spacial score (nSPS) is 10.1. The molecular weight excluding hydrogens is 306 g/mol. The van der Waals surface area contributed by atoms with Gasteiger partial charge in [0, 0.05) is 11.8 Å². The maximum absolute atomic E-state index is 12.2. The summed E-state index contributed by atoms with van der Waals surface area (Å²) in [6, 6.07) is 7.00. The largest absolute Gasteiger partial charge is 0.508 e. The minimum Gasteiger partial charge on any atom is -0.508 e. The molecule has 0 aliphatic carbocycles. The number of nitro groups is 2. The number of amides is 1. The van der Waals surface area contributed by atoms with E-state index in [0.717, 1.165) is 18.2 Å². The van der Waals surface area contributed by atoms with Crippen molar-refractivity contribution in [1.29, 1.82) is 0 Å². The molecule has 118 valence electrons. The van der Waals surface area contributed by atoms with Crippen LogP contribution in [0.25, 0.3) is 0 Å². The maximum atomic E-state index is 12.2. The lowest BCUT2D eigenvalue weighted by Crippen LogP contribution is -2.14. The highest BCUT2D eigenvalue weighted by molar-refractivity contribution is 6.07. The fourth-order valence-corrected chi connectivity index (χ4v) is 1.95. The second-order valence-electron chi connectivity index (χ2n) is 4.67. The van der Waals surface area contributed by atoms with E-state index in [1.165, 1.54) is 18.2 Å². The fourth-order valence-electron chi connectivity index (χ4n) is 1.95. The van der Waals surface area contributed by atoms with Crippen LogP contribution in [-0.2, 0) is 0 Å². The first kappa shape index (κ1) is 15.9. The van der Waals surface area contributed by atoms with Gasteiger partial charge in [0.05, 0.1) is 15.9 Å². The number of aryl methyl sites for hydroxylation is 1. The van der Waals surface area contributed by atoms with Crippen LogP contribution < -0.4 is 5.32 Å². The van der Waals surface area contributed by atoms with Crippen molar-refractivity contribution in [3.63, 3.8) is 0 Å². The number of nitro benzene ring substituents is 2. The summed E-state index contributed by atoms with van der Waals surface area (Å²) in [6.45, 7) is 1.64. The summed E-state index contributed by atoms with van der Waals surface area (Å²) in [7, 11) is 0. The standard InChI is InChI=1S/C14H11N3O6/c1-8-6-10(18)3-5-12(8)15-14(19)11-4-2-9(16(20)21)7-13(11)17(22)23/h2-7,18H,1H3,(H,15,19). The van der Waals surface area contributed by atoms with Gasteiger partial charge in [0.15, 0.2) is 0 Å². The predicted octanol–water partition coefficient (Wildman–Crippen LogP) is 2.77. The summed E-state index contributed by atoms with van der Waals surface area (Å²) in [5.41, 5.74) is -0.515. The van der Waals surface area contributed by atoms with E-state index < -0.39 is 27.1 Å². The molecule has 0 bridgehead atoms. The lowest BCUT2D eigenvalue weighted by atomic mass is 10.1. The molecule has 0 unspecified atom stereocenters. The number of rotatable bonds is 4. The van der Waals surface area contributed by atoms with E-state index in [0.29, 0.717) is 11.3 Å². The Morgan fingerprint density at radius 2 is 1.78 bits per heavy atom. The van der Waals surface area contributed by atoms with Crippen LogP contribution in [0.1, 0.15) is 15.9 Å².